The number of anilines is 2. The molecule has 3 aromatic rings. The Balaban J connectivity index is 0.000000380. The normalized spacial score (nSPS) is 10.7. The monoisotopic (exact) mass is 371 g/mol. The van der Waals surface area contributed by atoms with Crippen LogP contribution in [-0.2, 0) is 6.54 Å². The molecule has 7 nitrogen and oxygen atoms in total. The fraction of sp³-hybridized carbons (Fsp3) is 0.400. The molecule has 0 saturated heterocycles. The zero-order chi connectivity index (χ0) is 19.6. The van der Waals surface area contributed by atoms with Gasteiger partial charge in [0, 0.05) is 31.4 Å². The summed E-state index contributed by atoms with van der Waals surface area (Å²) >= 11 is 0. The lowest BCUT2D eigenvalue weighted by Gasteiger charge is -2.10. The molecule has 0 radical (unpaired) electrons. The molecule has 0 atom stereocenters. The number of aliphatic hydroxyl groups is 2. The molecule has 7 heteroatoms. The molecule has 0 aliphatic heterocycles. The summed E-state index contributed by atoms with van der Waals surface area (Å²) in [6, 6.07) is 12.0. The Labute approximate surface area is 159 Å². The van der Waals surface area contributed by atoms with Crippen LogP contribution in [0.3, 0.4) is 0 Å². The number of hydrogen-bond donors (Lipinski definition) is 4. The highest BCUT2D eigenvalue weighted by molar-refractivity contribution is 5.59. The van der Waals surface area contributed by atoms with E-state index in [1.54, 1.807) is 0 Å². The molecule has 2 heterocycles. The van der Waals surface area contributed by atoms with Gasteiger partial charge in [0.15, 0.2) is 5.65 Å². The number of aliphatic hydroxyl groups excluding tert-OH is 2. The summed E-state index contributed by atoms with van der Waals surface area (Å²) in [7, 11) is 0. The highest BCUT2D eigenvalue weighted by Crippen LogP contribution is 2.23. The number of nitrogen functional groups attached to an aromatic ring is 1. The average molecular weight is 371 g/mol. The van der Waals surface area contributed by atoms with Crippen molar-refractivity contribution in [2.24, 2.45) is 0 Å². The first-order valence-electron chi connectivity index (χ1n) is 9.20. The summed E-state index contributed by atoms with van der Waals surface area (Å²) in [5.74, 6) is 1.72. The predicted molar refractivity (Wildman–Crippen MR) is 109 cm³/mol. The second-order valence-corrected chi connectivity index (χ2v) is 6.55. The van der Waals surface area contributed by atoms with Gasteiger partial charge in [-0.1, -0.05) is 44.2 Å². The first-order chi connectivity index (χ1) is 13.1. The van der Waals surface area contributed by atoms with Crippen molar-refractivity contribution in [2.45, 2.75) is 39.2 Å². The highest BCUT2D eigenvalue weighted by atomic mass is 16.3. The van der Waals surface area contributed by atoms with E-state index in [4.69, 9.17) is 15.9 Å². The fourth-order valence-corrected chi connectivity index (χ4v) is 2.54. The van der Waals surface area contributed by atoms with Crippen molar-refractivity contribution >= 4 is 17.3 Å². The van der Waals surface area contributed by atoms with Gasteiger partial charge in [-0.05, 0) is 24.3 Å². The standard InChI is InChI=1S/C16H19N5.C4H10O2/c1-11(2)13-10-19-21-15(8-14(17)20-16(13)21)18-9-12-6-4-3-5-7-12;5-3-1-2-4-6/h3-8,10-11,18H,9H2,1-2H3,(H2,17,20);5-6H,1-4H2. The molecule has 5 N–H and O–H groups in total. The second-order valence-electron chi connectivity index (χ2n) is 6.55. The number of aromatic nitrogens is 3. The van der Waals surface area contributed by atoms with Gasteiger partial charge in [0.2, 0.25) is 0 Å². The molecule has 0 unspecified atom stereocenters. The predicted octanol–water partition coefficient (Wildman–Crippen LogP) is 2.80. The van der Waals surface area contributed by atoms with E-state index in [-0.39, 0.29) is 13.2 Å². The smallest absolute Gasteiger partial charge is 0.163 e. The summed E-state index contributed by atoms with van der Waals surface area (Å²) in [5, 5.41) is 24.0. The summed E-state index contributed by atoms with van der Waals surface area (Å²) in [6.45, 7) is 5.36. The maximum absolute atomic E-state index is 8.09. The Kier molecular flexibility index (Phi) is 8.03. The largest absolute Gasteiger partial charge is 0.396 e. The van der Waals surface area contributed by atoms with Gasteiger partial charge in [-0.25, -0.2) is 4.98 Å². The van der Waals surface area contributed by atoms with Gasteiger partial charge in [0.25, 0.3) is 0 Å². The third-order valence-electron chi connectivity index (χ3n) is 4.02. The summed E-state index contributed by atoms with van der Waals surface area (Å²) in [6.07, 6.45) is 3.30. The van der Waals surface area contributed by atoms with Crippen LogP contribution in [0.15, 0.2) is 42.6 Å². The van der Waals surface area contributed by atoms with Gasteiger partial charge in [0.1, 0.15) is 11.6 Å². The van der Waals surface area contributed by atoms with E-state index in [1.165, 1.54) is 5.56 Å². The molecular formula is C20H29N5O2. The molecule has 0 bridgehead atoms. The van der Waals surface area contributed by atoms with Crippen LogP contribution >= 0.6 is 0 Å². The Morgan fingerprint density at radius 2 is 1.78 bits per heavy atom. The molecule has 0 spiro atoms. The molecule has 27 heavy (non-hydrogen) atoms. The quantitative estimate of drug-likeness (QED) is 0.476. The lowest BCUT2D eigenvalue weighted by atomic mass is 10.1. The van der Waals surface area contributed by atoms with Crippen molar-refractivity contribution in [2.75, 3.05) is 24.3 Å². The third-order valence-corrected chi connectivity index (χ3v) is 4.02. The van der Waals surface area contributed by atoms with Crippen molar-refractivity contribution in [1.29, 1.82) is 0 Å². The number of nitrogens with one attached hydrogen (secondary N) is 1. The van der Waals surface area contributed by atoms with E-state index >= 15 is 0 Å². The molecule has 1 aromatic carbocycles. The molecule has 146 valence electrons. The van der Waals surface area contributed by atoms with Crippen molar-refractivity contribution < 1.29 is 10.2 Å². The van der Waals surface area contributed by atoms with Gasteiger partial charge in [-0.3, -0.25) is 0 Å². The van der Waals surface area contributed by atoms with E-state index in [0.717, 1.165) is 36.4 Å². The van der Waals surface area contributed by atoms with E-state index in [2.05, 4.69) is 41.4 Å². The van der Waals surface area contributed by atoms with Crippen LogP contribution in [0.4, 0.5) is 11.6 Å². The first kappa shape index (κ1) is 20.7. The molecule has 3 rings (SSSR count). The topological polar surface area (TPSA) is 109 Å². The maximum Gasteiger partial charge on any atom is 0.163 e. The van der Waals surface area contributed by atoms with E-state index in [9.17, 15) is 0 Å². The highest BCUT2D eigenvalue weighted by Gasteiger charge is 2.12. The van der Waals surface area contributed by atoms with Crippen LogP contribution in [0.5, 0.6) is 0 Å². The lowest BCUT2D eigenvalue weighted by molar-refractivity contribution is 0.242. The number of unbranched alkanes of at least 4 members (excludes halogenated alkanes) is 1. The summed E-state index contributed by atoms with van der Waals surface area (Å²) in [5.41, 5.74) is 9.06. The Hall–Kier alpha value is -2.64. The van der Waals surface area contributed by atoms with Crippen molar-refractivity contribution in [3.63, 3.8) is 0 Å². The Morgan fingerprint density at radius 1 is 1.11 bits per heavy atom. The first-order valence-corrected chi connectivity index (χ1v) is 9.20. The minimum atomic E-state index is 0.195. The van der Waals surface area contributed by atoms with Crippen molar-refractivity contribution in [3.8, 4) is 0 Å². The SMILES string of the molecule is CC(C)c1cnn2c(NCc3ccccc3)cc(N)nc12.OCCCCO. The second kappa shape index (κ2) is 10.5. The molecular weight excluding hydrogens is 342 g/mol. The fourth-order valence-electron chi connectivity index (χ4n) is 2.54. The van der Waals surface area contributed by atoms with Crippen LogP contribution < -0.4 is 11.1 Å². The number of benzene rings is 1. The Bertz CT molecular complexity index is 814. The number of nitrogens with zero attached hydrogens (tertiary/aromatic N) is 3. The molecule has 0 aliphatic carbocycles. The average Bonchev–Trinajstić information content (AvgIpc) is 3.10. The molecule has 0 amide bonds. The van der Waals surface area contributed by atoms with Crippen molar-refractivity contribution in [3.05, 3.63) is 53.7 Å². The zero-order valence-corrected chi connectivity index (χ0v) is 16.0. The molecule has 0 saturated carbocycles. The van der Waals surface area contributed by atoms with Crippen LogP contribution in [0.2, 0.25) is 0 Å². The van der Waals surface area contributed by atoms with Crippen LogP contribution in [0, 0.1) is 0 Å². The van der Waals surface area contributed by atoms with Gasteiger partial charge in [-0.2, -0.15) is 9.61 Å². The van der Waals surface area contributed by atoms with Crippen LogP contribution in [0.1, 0.15) is 43.7 Å². The van der Waals surface area contributed by atoms with Gasteiger partial charge < -0.3 is 21.3 Å². The van der Waals surface area contributed by atoms with Gasteiger partial charge in [0.05, 0.1) is 6.20 Å². The van der Waals surface area contributed by atoms with E-state index < -0.39 is 0 Å². The number of hydrogen-bond acceptors (Lipinski definition) is 6. The summed E-state index contributed by atoms with van der Waals surface area (Å²) < 4.78 is 1.81. The number of fused-ring (bicyclic) bond motifs is 1. The van der Waals surface area contributed by atoms with E-state index in [1.807, 2.05) is 35.0 Å². The summed E-state index contributed by atoms with van der Waals surface area (Å²) in [4.78, 5) is 4.41. The van der Waals surface area contributed by atoms with E-state index in [0.29, 0.717) is 11.7 Å². The molecule has 0 aliphatic rings. The lowest BCUT2D eigenvalue weighted by Crippen LogP contribution is -2.07. The number of rotatable bonds is 7. The van der Waals surface area contributed by atoms with Crippen molar-refractivity contribution in [1.82, 2.24) is 14.6 Å². The minimum Gasteiger partial charge on any atom is -0.396 e. The maximum atomic E-state index is 8.09. The van der Waals surface area contributed by atoms with Crippen LogP contribution in [0.25, 0.3) is 5.65 Å². The molecule has 0 fully saturated rings. The third kappa shape index (κ3) is 5.94. The molecule has 2 aromatic heterocycles. The van der Waals surface area contributed by atoms with Crippen LogP contribution in [-0.4, -0.2) is 38.0 Å². The number of nitrogens with two attached hydrogens (primary N) is 1. The van der Waals surface area contributed by atoms with Gasteiger partial charge >= 0.3 is 0 Å². The minimum absolute atomic E-state index is 0.195. The zero-order valence-electron chi connectivity index (χ0n) is 16.0. The van der Waals surface area contributed by atoms with Gasteiger partial charge in [-0.15, -0.1) is 0 Å². The Morgan fingerprint density at radius 3 is 2.37 bits per heavy atom.